The zero-order valence-electron chi connectivity index (χ0n) is 18.2. The summed E-state index contributed by atoms with van der Waals surface area (Å²) in [5.41, 5.74) is 4.02. The molecule has 30 heavy (non-hydrogen) atoms. The van der Waals surface area contributed by atoms with Gasteiger partial charge in [-0.3, -0.25) is 9.59 Å². The Morgan fingerprint density at radius 2 is 1.97 bits per heavy atom. The first kappa shape index (κ1) is 22.5. The summed E-state index contributed by atoms with van der Waals surface area (Å²) >= 11 is 6.37. The van der Waals surface area contributed by atoms with Crippen LogP contribution in [0.4, 0.5) is 5.69 Å². The van der Waals surface area contributed by atoms with Crippen molar-refractivity contribution in [3.63, 3.8) is 0 Å². The van der Waals surface area contributed by atoms with E-state index in [-0.39, 0.29) is 18.4 Å². The summed E-state index contributed by atoms with van der Waals surface area (Å²) in [6, 6.07) is 3.62. The second kappa shape index (κ2) is 9.75. The lowest BCUT2D eigenvalue weighted by Gasteiger charge is -2.30. The zero-order chi connectivity index (χ0) is 21.8. The highest BCUT2D eigenvalue weighted by Crippen LogP contribution is 2.29. The van der Waals surface area contributed by atoms with Crippen molar-refractivity contribution < 1.29 is 9.59 Å². The van der Waals surface area contributed by atoms with Crippen LogP contribution in [0.5, 0.6) is 0 Å². The van der Waals surface area contributed by atoms with E-state index in [4.69, 9.17) is 11.6 Å². The second-order valence-corrected chi connectivity index (χ2v) is 8.85. The van der Waals surface area contributed by atoms with Gasteiger partial charge in [-0.15, -0.1) is 0 Å². The maximum absolute atomic E-state index is 12.9. The number of anilines is 1. The molecule has 0 radical (unpaired) electrons. The highest BCUT2D eigenvalue weighted by molar-refractivity contribution is 6.31. The van der Waals surface area contributed by atoms with Crippen LogP contribution in [0.25, 0.3) is 0 Å². The second-order valence-electron chi connectivity index (χ2n) is 8.41. The van der Waals surface area contributed by atoms with E-state index in [1.807, 2.05) is 26.0 Å². The van der Waals surface area contributed by atoms with Gasteiger partial charge >= 0.3 is 0 Å². The van der Waals surface area contributed by atoms with E-state index in [1.165, 1.54) is 0 Å². The van der Waals surface area contributed by atoms with Crippen molar-refractivity contribution >= 4 is 34.8 Å². The van der Waals surface area contributed by atoms with Gasteiger partial charge in [0.15, 0.2) is 0 Å². The van der Waals surface area contributed by atoms with Crippen LogP contribution < -0.4 is 15.5 Å². The van der Waals surface area contributed by atoms with Crippen molar-refractivity contribution in [3.8, 4) is 0 Å². The normalized spacial score (nSPS) is 19.9. The molecule has 0 spiro atoms. The van der Waals surface area contributed by atoms with Gasteiger partial charge in [-0.05, 0) is 76.4 Å². The van der Waals surface area contributed by atoms with Crippen LogP contribution in [0.2, 0.25) is 5.02 Å². The standard InChI is InChI=1S/C23H31ClN4O2/c1-14-9-15(2)27-23(30)20(14)12-26-22(29)19-10-18(24)11-21(16(19)3)28(4)13-17-5-7-25-8-6-17/h9-11,17,20,25H,5-8,12-13H2,1-4H3,(H,26,29). The van der Waals surface area contributed by atoms with Crippen molar-refractivity contribution in [3.05, 3.63) is 39.9 Å². The summed E-state index contributed by atoms with van der Waals surface area (Å²) in [7, 11) is 2.05. The molecule has 0 aliphatic carbocycles. The number of hydrogen-bond acceptors (Lipinski definition) is 4. The molecule has 0 saturated carbocycles. The Kier molecular flexibility index (Phi) is 7.32. The molecule has 0 aromatic heterocycles. The Labute approximate surface area is 183 Å². The maximum atomic E-state index is 12.9. The molecule has 1 aromatic carbocycles. The number of amides is 2. The lowest BCUT2D eigenvalue weighted by molar-refractivity contribution is -0.120. The third kappa shape index (κ3) is 5.29. The van der Waals surface area contributed by atoms with Crippen LogP contribution in [0.15, 0.2) is 28.8 Å². The largest absolute Gasteiger partial charge is 0.374 e. The quantitative estimate of drug-likeness (QED) is 0.725. The molecular weight excluding hydrogens is 400 g/mol. The highest BCUT2D eigenvalue weighted by Gasteiger charge is 2.25. The number of carbonyl (C=O) groups is 2. The van der Waals surface area contributed by atoms with Gasteiger partial charge in [0.25, 0.3) is 11.8 Å². The Bertz CT molecular complexity index is 887. The molecule has 2 amide bonds. The van der Waals surface area contributed by atoms with Crippen LogP contribution in [0, 0.1) is 18.8 Å². The van der Waals surface area contributed by atoms with E-state index < -0.39 is 5.92 Å². The van der Waals surface area contributed by atoms with Gasteiger partial charge in [0.2, 0.25) is 0 Å². The average molecular weight is 431 g/mol. The number of allylic oxidation sites excluding steroid dienone is 1. The Hall–Kier alpha value is -2.18. The van der Waals surface area contributed by atoms with E-state index in [0.717, 1.165) is 49.3 Å². The monoisotopic (exact) mass is 430 g/mol. The number of rotatable bonds is 6. The molecule has 2 heterocycles. The molecule has 7 heteroatoms. The first-order valence-electron chi connectivity index (χ1n) is 10.5. The smallest absolute Gasteiger partial charge is 0.254 e. The lowest BCUT2D eigenvalue weighted by Crippen LogP contribution is -2.36. The topological polar surface area (TPSA) is 73.8 Å². The molecule has 1 saturated heterocycles. The van der Waals surface area contributed by atoms with E-state index in [9.17, 15) is 9.59 Å². The van der Waals surface area contributed by atoms with Gasteiger partial charge in [-0.2, -0.15) is 0 Å². The van der Waals surface area contributed by atoms with Crippen LogP contribution >= 0.6 is 11.6 Å². The molecule has 0 bridgehead atoms. The fraction of sp³-hybridized carbons (Fsp3) is 0.522. The van der Waals surface area contributed by atoms with Gasteiger partial charge < -0.3 is 15.5 Å². The van der Waals surface area contributed by atoms with Crippen molar-refractivity contribution in [2.75, 3.05) is 38.1 Å². The number of hydrogen-bond donors (Lipinski definition) is 2. The van der Waals surface area contributed by atoms with Crippen LogP contribution in [-0.4, -0.2) is 50.8 Å². The summed E-state index contributed by atoms with van der Waals surface area (Å²) in [5, 5.41) is 6.83. The fourth-order valence-corrected chi connectivity index (χ4v) is 4.51. The number of nitrogens with one attached hydrogen (secondary N) is 2. The van der Waals surface area contributed by atoms with Crippen LogP contribution in [0.3, 0.4) is 0 Å². The van der Waals surface area contributed by atoms with E-state index in [1.54, 1.807) is 13.0 Å². The van der Waals surface area contributed by atoms with Gasteiger partial charge in [0.05, 0.1) is 5.92 Å². The number of nitrogens with zero attached hydrogens (tertiary/aromatic N) is 2. The van der Waals surface area contributed by atoms with Gasteiger partial charge in [-0.1, -0.05) is 17.2 Å². The molecule has 1 atom stereocenters. The molecule has 1 aromatic rings. The molecule has 162 valence electrons. The van der Waals surface area contributed by atoms with Crippen molar-refractivity contribution in [2.24, 2.45) is 16.8 Å². The van der Waals surface area contributed by atoms with Crippen molar-refractivity contribution in [2.45, 2.75) is 33.6 Å². The summed E-state index contributed by atoms with van der Waals surface area (Å²) in [6.45, 7) is 8.91. The number of aliphatic imine (C=N–C) groups is 1. The minimum absolute atomic E-state index is 0.210. The summed E-state index contributed by atoms with van der Waals surface area (Å²) in [4.78, 5) is 31.4. The number of carbonyl (C=O) groups excluding carboxylic acids is 2. The van der Waals surface area contributed by atoms with E-state index in [0.29, 0.717) is 22.2 Å². The number of halogens is 1. The summed E-state index contributed by atoms with van der Waals surface area (Å²) in [5.74, 6) is -0.224. The number of piperidine rings is 1. The first-order valence-corrected chi connectivity index (χ1v) is 10.9. The van der Waals surface area contributed by atoms with E-state index in [2.05, 4.69) is 27.6 Å². The molecule has 2 N–H and O–H groups in total. The first-order chi connectivity index (χ1) is 14.3. The summed E-state index contributed by atoms with van der Waals surface area (Å²) < 4.78 is 0. The fourth-order valence-electron chi connectivity index (χ4n) is 4.29. The average Bonchev–Trinajstić information content (AvgIpc) is 2.69. The number of benzene rings is 1. The SMILES string of the molecule is CC1=CC(C)=NC(=O)C1CNC(=O)c1cc(Cl)cc(N(C)CC2CCNCC2)c1C. The molecular formula is C23H31ClN4O2. The van der Waals surface area contributed by atoms with Crippen LogP contribution in [-0.2, 0) is 4.79 Å². The van der Waals surface area contributed by atoms with Crippen molar-refractivity contribution in [1.82, 2.24) is 10.6 Å². The molecule has 3 rings (SSSR count). The zero-order valence-corrected chi connectivity index (χ0v) is 19.0. The molecule has 6 nitrogen and oxygen atoms in total. The predicted octanol–water partition coefficient (Wildman–Crippen LogP) is 3.38. The van der Waals surface area contributed by atoms with Gasteiger partial charge in [0, 0.05) is 42.1 Å². The molecule has 1 fully saturated rings. The molecule has 2 aliphatic rings. The lowest BCUT2D eigenvalue weighted by atomic mass is 9.95. The van der Waals surface area contributed by atoms with E-state index >= 15 is 0 Å². The van der Waals surface area contributed by atoms with Crippen LogP contribution in [0.1, 0.15) is 42.6 Å². The van der Waals surface area contributed by atoms with Crippen molar-refractivity contribution in [1.29, 1.82) is 0 Å². The van der Waals surface area contributed by atoms with Gasteiger partial charge in [0.1, 0.15) is 0 Å². The Balaban J connectivity index is 1.71. The molecule has 2 aliphatic heterocycles. The number of dihydropyridines is 1. The maximum Gasteiger partial charge on any atom is 0.254 e. The minimum Gasteiger partial charge on any atom is -0.374 e. The molecule has 1 unspecified atom stereocenters. The Morgan fingerprint density at radius 1 is 1.27 bits per heavy atom. The minimum atomic E-state index is -0.417. The van der Waals surface area contributed by atoms with Gasteiger partial charge in [-0.25, -0.2) is 4.99 Å². The Morgan fingerprint density at radius 3 is 2.63 bits per heavy atom. The third-order valence-corrected chi connectivity index (χ3v) is 6.25. The highest BCUT2D eigenvalue weighted by atomic mass is 35.5. The summed E-state index contributed by atoms with van der Waals surface area (Å²) in [6.07, 6.45) is 4.19. The third-order valence-electron chi connectivity index (χ3n) is 6.03. The predicted molar refractivity (Wildman–Crippen MR) is 123 cm³/mol.